The van der Waals surface area contributed by atoms with Crippen molar-refractivity contribution in [3.63, 3.8) is 0 Å². The highest BCUT2D eigenvalue weighted by Gasteiger charge is 2.44. The van der Waals surface area contributed by atoms with Gasteiger partial charge in [0.2, 0.25) is 5.91 Å². The summed E-state index contributed by atoms with van der Waals surface area (Å²) in [4.78, 5) is 11.6. The number of hydrogen-bond donors (Lipinski definition) is 3. The molecule has 5 heteroatoms. The lowest BCUT2D eigenvalue weighted by molar-refractivity contribution is -0.121. The highest BCUT2D eigenvalue weighted by atomic mass is 16.5. The summed E-state index contributed by atoms with van der Waals surface area (Å²) in [6.07, 6.45) is 17.4. The van der Waals surface area contributed by atoms with E-state index < -0.39 is 11.7 Å². The average molecular weight is 424 g/mol. The van der Waals surface area contributed by atoms with Crippen LogP contribution in [0.2, 0.25) is 0 Å². The van der Waals surface area contributed by atoms with Crippen molar-refractivity contribution >= 4 is 5.91 Å². The van der Waals surface area contributed by atoms with Crippen molar-refractivity contribution in [1.29, 1.82) is 0 Å². The Kier molecular flexibility index (Phi) is 14.0. The number of hydrogen-bond acceptors (Lipinski definition) is 4. The van der Waals surface area contributed by atoms with E-state index in [0.29, 0.717) is 25.7 Å². The van der Waals surface area contributed by atoms with Crippen molar-refractivity contribution in [3.8, 4) is 0 Å². The number of aliphatic hydroxyl groups is 2. The van der Waals surface area contributed by atoms with E-state index in [1.165, 1.54) is 12.8 Å². The second-order valence-electron chi connectivity index (χ2n) is 8.85. The summed E-state index contributed by atoms with van der Waals surface area (Å²) in [6.45, 7) is 7.59. The zero-order chi connectivity index (χ0) is 22.2. The van der Waals surface area contributed by atoms with Gasteiger partial charge in [0.15, 0.2) is 0 Å². The maximum atomic E-state index is 11.6. The number of ether oxygens (including phenoxy) is 1. The molecule has 0 aliphatic heterocycles. The van der Waals surface area contributed by atoms with Crippen molar-refractivity contribution in [3.05, 3.63) is 24.3 Å². The number of amides is 1. The van der Waals surface area contributed by atoms with Crippen LogP contribution in [0, 0.1) is 5.92 Å². The van der Waals surface area contributed by atoms with Crippen molar-refractivity contribution in [2.75, 3.05) is 13.2 Å². The van der Waals surface area contributed by atoms with Gasteiger partial charge in [0.1, 0.15) is 0 Å². The van der Waals surface area contributed by atoms with Crippen LogP contribution in [0.25, 0.3) is 0 Å². The summed E-state index contributed by atoms with van der Waals surface area (Å²) in [5.74, 6) is -0.104. The number of rotatable bonds is 16. The van der Waals surface area contributed by atoms with E-state index in [4.69, 9.17) is 4.74 Å². The maximum Gasteiger partial charge on any atom is 0.220 e. The topological polar surface area (TPSA) is 78.8 Å². The minimum absolute atomic E-state index is 0.0930. The van der Waals surface area contributed by atoms with E-state index in [-0.39, 0.29) is 17.9 Å². The normalized spacial score (nSPS) is 24.5. The first-order valence-electron chi connectivity index (χ1n) is 12.0. The Morgan fingerprint density at radius 1 is 1.13 bits per heavy atom. The Morgan fingerprint density at radius 3 is 2.60 bits per heavy atom. The van der Waals surface area contributed by atoms with Crippen LogP contribution in [0.5, 0.6) is 0 Å². The van der Waals surface area contributed by atoms with Gasteiger partial charge in [0, 0.05) is 31.6 Å². The molecule has 0 spiro atoms. The van der Waals surface area contributed by atoms with Gasteiger partial charge in [-0.3, -0.25) is 4.79 Å². The average Bonchev–Trinajstić information content (AvgIpc) is 2.97. The number of allylic oxidation sites excluding steroid dienone is 2. The molecule has 1 saturated carbocycles. The molecule has 0 saturated heterocycles. The fourth-order valence-electron chi connectivity index (χ4n) is 4.03. The van der Waals surface area contributed by atoms with Gasteiger partial charge in [-0.1, -0.05) is 37.1 Å². The largest absolute Gasteiger partial charge is 0.392 e. The molecule has 3 N–H and O–H groups in total. The number of aliphatic hydroxyl groups excluding tert-OH is 1. The third-order valence-corrected chi connectivity index (χ3v) is 5.73. The standard InChI is InChI=1S/C25H45NO4/c1-4-30-20-14-10-6-5-7-11-15-22-23(27)17-19-25(22,29)18-13-9-8-12-16-24(28)26-21(2)3/h9,11,13,15,21-23,27,29H,4-8,10,12,14,16-20H2,1-3H3,(H,26,28)/t22-,23+,25?/m1/s1. The molecule has 0 aromatic rings. The first kappa shape index (κ1) is 26.9. The van der Waals surface area contributed by atoms with Crippen molar-refractivity contribution in [1.82, 2.24) is 5.32 Å². The van der Waals surface area contributed by atoms with E-state index in [1.807, 2.05) is 39.0 Å². The number of unbranched alkanes of at least 4 members (excludes halogenated alkanes) is 5. The zero-order valence-electron chi connectivity index (χ0n) is 19.4. The quantitative estimate of drug-likeness (QED) is 0.249. The van der Waals surface area contributed by atoms with Crippen LogP contribution in [0.1, 0.15) is 91.4 Å². The van der Waals surface area contributed by atoms with Crippen LogP contribution >= 0.6 is 0 Å². The minimum Gasteiger partial charge on any atom is -0.392 e. The molecule has 174 valence electrons. The molecule has 5 nitrogen and oxygen atoms in total. The van der Waals surface area contributed by atoms with Gasteiger partial charge in [0.25, 0.3) is 0 Å². The fraction of sp³-hybridized carbons (Fsp3) is 0.800. The van der Waals surface area contributed by atoms with Gasteiger partial charge in [-0.25, -0.2) is 0 Å². The number of nitrogens with one attached hydrogen (secondary N) is 1. The molecule has 3 atom stereocenters. The van der Waals surface area contributed by atoms with Gasteiger partial charge < -0.3 is 20.3 Å². The molecular weight excluding hydrogens is 378 g/mol. The molecule has 1 aliphatic carbocycles. The molecule has 1 unspecified atom stereocenters. The Labute approximate surface area is 184 Å². The highest BCUT2D eigenvalue weighted by molar-refractivity contribution is 5.76. The van der Waals surface area contributed by atoms with E-state index in [0.717, 1.165) is 45.3 Å². The Bertz CT molecular complexity index is 517. The predicted molar refractivity (Wildman–Crippen MR) is 123 cm³/mol. The third kappa shape index (κ3) is 11.3. The SMILES string of the molecule is CCOCCCCCCC=C[C@@H]1[C@@H](O)CCC1(O)CC=CCCCC(=O)NC(C)C. The van der Waals surface area contributed by atoms with Crippen molar-refractivity contribution in [2.45, 2.75) is 109 Å². The second kappa shape index (κ2) is 15.6. The summed E-state index contributed by atoms with van der Waals surface area (Å²) < 4.78 is 5.35. The molecule has 0 heterocycles. The van der Waals surface area contributed by atoms with Crippen LogP contribution in [0.3, 0.4) is 0 Å². The summed E-state index contributed by atoms with van der Waals surface area (Å²) in [5.41, 5.74) is -0.862. The molecule has 0 radical (unpaired) electrons. The summed E-state index contributed by atoms with van der Waals surface area (Å²) in [6, 6.07) is 0.182. The van der Waals surface area contributed by atoms with E-state index >= 15 is 0 Å². The van der Waals surface area contributed by atoms with Crippen molar-refractivity contribution < 1.29 is 19.7 Å². The van der Waals surface area contributed by atoms with Crippen LogP contribution in [-0.2, 0) is 9.53 Å². The zero-order valence-corrected chi connectivity index (χ0v) is 19.4. The summed E-state index contributed by atoms with van der Waals surface area (Å²) in [7, 11) is 0. The van der Waals surface area contributed by atoms with Gasteiger partial charge in [-0.15, -0.1) is 0 Å². The highest BCUT2D eigenvalue weighted by Crippen LogP contribution is 2.39. The van der Waals surface area contributed by atoms with Gasteiger partial charge in [-0.2, -0.15) is 0 Å². The van der Waals surface area contributed by atoms with E-state index in [2.05, 4.69) is 11.4 Å². The van der Waals surface area contributed by atoms with Gasteiger partial charge in [-0.05, 0) is 72.1 Å². The molecule has 0 aromatic heterocycles. The number of carbonyl (C=O) groups excluding carboxylic acids is 1. The molecule has 1 aliphatic rings. The van der Waals surface area contributed by atoms with Crippen LogP contribution in [0.15, 0.2) is 24.3 Å². The summed E-state index contributed by atoms with van der Waals surface area (Å²) in [5, 5.41) is 24.3. The maximum absolute atomic E-state index is 11.6. The molecule has 1 amide bonds. The van der Waals surface area contributed by atoms with Crippen LogP contribution in [-0.4, -0.2) is 47.1 Å². The Balaban J connectivity index is 2.28. The van der Waals surface area contributed by atoms with E-state index in [1.54, 1.807) is 0 Å². The lowest BCUT2D eigenvalue weighted by Crippen LogP contribution is -2.35. The molecule has 30 heavy (non-hydrogen) atoms. The second-order valence-corrected chi connectivity index (χ2v) is 8.85. The van der Waals surface area contributed by atoms with Gasteiger partial charge >= 0.3 is 0 Å². The third-order valence-electron chi connectivity index (χ3n) is 5.73. The number of carbonyl (C=O) groups is 1. The van der Waals surface area contributed by atoms with Crippen molar-refractivity contribution in [2.24, 2.45) is 5.92 Å². The first-order valence-corrected chi connectivity index (χ1v) is 12.0. The monoisotopic (exact) mass is 423 g/mol. The summed E-state index contributed by atoms with van der Waals surface area (Å²) >= 11 is 0. The molecule has 1 fully saturated rings. The Morgan fingerprint density at radius 2 is 1.87 bits per heavy atom. The smallest absolute Gasteiger partial charge is 0.220 e. The molecule has 0 bridgehead atoms. The van der Waals surface area contributed by atoms with Crippen LogP contribution in [0.4, 0.5) is 0 Å². The molecular formula is C25H45NO4. The fourth-order valence-corrected chi connectivity index (χ4v) is 4.03. The predicted octanol–water partition coefficient (Wildman–Crippen LogP) is 4.67. The Hall–Kier alpha value is -1.17. The minimum atomic E-state index is -0.862. The molecule has 1 rings (SSSR count). The van der Waals surface area contributed by atoms with E-state index in [9.17, 15) is 15.0 Å². The molecule has 0 aromatic carbocycles. The van der Waals surface area contributed by atoms with Gasteiger partial charge in [0.05, 0.1) is 11.7 Å². The lowest BCUT2D eigenvalue weighted by atomic mass is 9.86. The first-order chi connectivity index (χ1) is 14.4. The van der Waals surface area contributed by atoms with Crippen LogP contribution < -0.4 is 5.32 Å². The lowest BCUT2D eigenvalue weighted by Gasteiger charge is -2.28.